The van der Waals surface area contributed by atoms with Gasteiger partial charge in [0.2, 0.25) is 11.8 Å². The van der Waals surface area contributed by atoms with E-state index in [2.05, 4.69) is 10.0 Å². The molecular formula is C20H25N3O4S2. The fourth-order valence-corrected chi connectivity index (χ4v) is 5.35. The van der Waals surface area contributed by atoms with Crippen LogP contribution in [0.3, 0.4) is 0 Å². The highest BCUT2D eigenvalue weighted by Crippen LogP contribution is 2.26. The highest BCUT2D eigenvalue weighted by Gasteiger charge is 2.28. The molecule has 1 atom stereocenters. The molecule has 1 aromatic carbocycles. The summed E-state index contributed by atoms with van der Waals surface area (Å²) in [6, 6.07) is 12.1. The summed E-state index contributed by atoms with van der Waals surface area (Å²) in [5, 5.41) is 4.57. The molecule has 7 nitrogen and oxygen atoms in total. The topological polar surface area (TPSA) is 95.6 Å². The Morgan fingerprint density at radius 1 is 1.14 bits per heavy atom. The summed E-state index contributed by atoms with van der Waals surface area (Å²) in [7, 11) is -3.73. The first-order valence-corrected chi connectivity index (χ1v) is 12.0. The molecular weight excluding hydrogens is 410 g/mol. The maximum Gasteiger partial charge on any atom is 0.250 e. The maximum absolute atomic E-state index is 13.0. The number of carbonyl (C=O) groups is 2. The van der Waals surface area contributed by atoms with Crippen LogP contribution in [0.25, 0.3) is 0 Å². The SMILES string of the molecule is O=C1CC(c2ccccc2)N(C(=O)CNS(=O)(=O)c2cccs2)CCCCCN1. The van der Waals surface area contributed by atoms with E-state index in [-0.39, 0.29) is 29.0 Å². The van der Waals surface area contributed by atoms with Gasteiger partial charge in [-0.3, -0.25) is 9.59 Å². The molecule has 0 spiro atoms. The molecule has 1 aliphatic rings. The predicted octanol–water partition coefficient (Wildman–Crippen LogP) is 2.29. The standard InChI is InChI=1S/C20H25N3O4S2/c24-18-14-17(16-8-3-1-4-9-16)23(12-6-2-5-11-21-18)19(25)15-22-29(26,27)20-10-7-13-28-20/h1,3-4,7-10,13,17,22H,2,5-6,11-12,14-15H2,(H,21,24). The van der Waals surface area contributed by atoms with Crippen LogP contribution in [-0.4, -0.2) is 44.8 Å². The molecule has 1 fully saturated rings. The molecule has 1 aliphatic heterocycles. The fourth-order valence-electron chi connectivity index (χ4n) is 3.34. The molecule has 156 valence electrons. The summed E-state index contributed by atoms with van der Waals surface area (Å²) in [4.78, 5) is 27.0. The average Bonchev–Trinajstić information content (AvgIpc) is 3.27. The Bertz CT molecular complexity index is 914. The third-order valence-electron chi connectivity index (χ3n) is 4.83. The third-order valence-corrected chi connectivity index (χ3v) is 7.63. The van der Waals surface area contributed by atoms with Crippen molar-refractivity contribution in [3.05, 3.63) is 53.4 Å². The fraction of sp³-hybridized carbons (Fsp3) is 0.400. The van der Waals surface area contributed by atoms with Crippen LogP contribution in [0.1, 0.15) is 37.3 Å². The van der Waals surface area contributed by atoms with Crippen molar-refractivity contribution in [2.45, 2.75) is 35.9 Å². The van der Waals surface area contributed by atoms with Crippen molar-refractivity contribution in [1.29, 1.82) is 0 Å². The second kappa shape index (κ2) is 10.00. The zero-order chi connectivity index (χ0) is 20.7. The van der Waals surface area contributed by atoms with E-state index in [1.807, 2.05) is 30.3 Å². The van der Waals surface area contributed by atoms with Crippen molar-refractivity contribution in [1.82, 2.24) is 14.9 Å². The van der Waals surface area contributed by atoms with Crippen LogP contribution in [0.5, 0.6) is 0 Å². The lowest BCUT2D eigenvalue weighted by molar-refractivity contribution is -0.134. The van der Waals surface area contributed by atoms with Crippen LogP contribution < -0.4 is 10.0 Å². The molecule has 0 aliphatic carbocycles. The molecule has 1 aromatic heterocycles. The number of carbonyl (C=O) groups excluding carboxylic acids is 2. The van der Waals surface area contributed by atoms with Crippen LogP contribution in [-0.2, 0) is 19.6 Å². The summed E-state index contributed by atoms with van der Waals surface area (Å²) in [5.74, 6) is -0.454. The monoisotopic (exact) mass is 435 g/mol. The van der Waals surface area contributed by atoms with Gasteiger partial charge in [-0.1, -0.05) is 36.4 Å². The molecule has 2 aromatic rings. The molecule has 0 radical (unpaired) electrons. The number of sulfonamides is 1. The van der Waals surface area contributed by atoms with Gasteiger partial charge in [-0.2, -0.15) is 0 Å². The van der Waals surface area contributed by atoms with Gasteiger partial charge in [0.05, 0.1) is 19.0 Å². The van der Waals surface area contributed by atoms with Gasteiger partial charge >= 0.3 is 0 Å². The molecule has 0 bridgehead atoms. The normalized spacial score (nSPS) is 18.8. The number of thiophene rings is 1. The van der Waals surface area contributed by atoms with Gasteiger partial charge in [0.15, 0.2) is 0 Å². The third kappa shape index (κ3) is 5.88. The van der Waals surface area contributed by atoms with E-state index in [0.29, 0.717) is 13.1 Å². The lowest BCUT2D eigenvalue weighted by atomic mass is 10.00. The average molecular weight is 436 g/mol. The van der Waals surface area contributed by atoms with E-state index >= 15 is 0 Å². The minimum Gasteiger partial charge on any atom is -0.356 e. The molecule has 9 heteroatoms. The summed E-state index contributed by atoms with van der Waals surface area (Å²) in [6.07, 6.45) is 2.68. The second-order valence-corrected chi connectivity index (χ2v) is 9.83. The number of rotatable bonds is 5. The number of hydrogen-bond acceptors (Lipinski definition) is 5. The molecule has 2 amide bonds. The van der Waals surface area contributed by atoms with E-state index in [1.165, 1.54) is 6.07 Å². The van der Waals surface area contributed by atoms with E-state index in [0.717, 1.165) is 36.2 Å². The van der Waals surface area contributed by atoms with Crippen LogP contribution >= 0.6 is 11.3 Å². The van der Waals surface area contributed by atoms with E-state index in [1.54, 1.807) is 16.3 Å². The second-order valence-electron chi connectivity index (χ2n) is 6.88. The van der Waals surface area contributed by atoms with Crippen LogP contribution in [0.2, 0.25) is 0 Å². The molecule has 2 N–H and O–H groups in total. The zero-order valence-electron chi connectivity index (χ0n) is 16.0. The maximum atomic E-state index is 13.0. The Balaban J connectivity index is 1.80. The summed E-state index contributed by atoms with van der Waals surface area (Å²) in [6.45, 7) is 0.770. The Kier molecular flexibility index (Phi) is 7.40. The van der Waals surface area contributed by atoms with Crippen molar-refractivity contribution in [3.8, 4) is 0 Å². The Labute approximate surface area is 175 Å². The zero-order valence-corrected chi connectivity index (χ0v) is 17.7. The van der Waals surface area contributed by atoms with Gasteiger partial charge in [0.25, 0.3) is 10.0 Å². The number of nitrogens with zero attached hydrogens (tertiary/aromatic N) is 1. The van der Waals surface area contributed by atoms with Gasteiger partial charge in [-0.05, 0) is 36.3 Å². The highest BCUT2D eigenvalue weighted by atomic mass is 32.2. The Morgan fingerprint density at radius 3 is 2.66 bits per heavy atom. The van der Waals surface area contributed by atoms with Gasteiger partial charge in [-0.15, -0.1) is 11.3 Å². The van der Waals surface area contributed by atoms with Crippen molar-refractivity contribution in [2.24, 2.45) is 0 Å². The molecule has 2 heterocycles. The number of nitrogens with one attached hydrogen (secondary N) is 2. The highest BCUT2D eigenvalue weighted by molar-refractivity contribution is 7.91. The van der Waals surface area contributed by atoms with Gasteiger partial charge < -0.3 is 10.2 Å². The van der Waals surface area contributed by atoms with Crippen LogP contribution in [0.15, 0.2) is 52.1 Å². The molecule has 0 saturated carbocycles. The first-order chi connectivity index (χ1) is 14.0. The van der Waals surface area contributed by atoms with Gasteiger partial charge in [0.1, 0.15) is 4.21 Å². The lowest BCUT2D eigenvalue weighted by Crippen LogP contribution is -2.44. The number of hydrogen-bond donors (Lipinski definition) is 2. The predicted molar refractivity (Wildman–Crippen MR) is 112 cm³/mol. The number of amides is 2. The first kappa shape index (κ1) is 21.5. The van der Waals surface area contributed by atoms with E-state index in [9.17, 15) is 18.0 Å². The Morgan fingerprint density at radius 2 is 1.93 bits per heavy atom. The number of benzene rings is 1. The van der Waals surface area contributed by atoms with Crippen molar-refractivity contribution < 1.29 is 18.0 Å². The Hall–Kier alpha value is -2.23. The van der Waals surface area contributed by atoms with Crippen molar-refractivity contribution in [2.75, 3.05) is 19.6 Å². The molecule has 3 rings (SSSR count). The van der Waals surface area contributed by atoms with Crippen LogP contribution in [0, 0.1) is 0 Å². The van der Waals surface area contributed by atoms with E-state index < -0.39 is 16.1 Å². The molecule has 1 saturated heterocycles. The lowest BCUT2D eigenvalue weighted by Gasteiger charge is -2.33. The molecule has 1 unspecified atom stereocenters. The minimum absolute atomic E-state index is 0.113. The van der Waals surface area contributed by atoms with Gasteiger partial charge in [0, 0.05) is 13.1 Å². The van der Waals surface area contributed by atoms with Crippen molar-refractivity contribution in [3.63, 3.8) is 0 Å². The molecule has 29 heavy (non-hydrogen) atoms. The largest absolute Gasteiger partial charge is 0.356 e. The quantitative estimate of drug-likeness (QED) is 0.753. The van der Waals surface area contributed by atoms with Gasteiger partial charge in [-0.25, -0.2) is 13.1 Å². The summed E-state index contributed by atoms with van der Waals surface area (Å²) >= 11 is 1.10. The van der Waals surface area contributed by atoms with Crippen molar-refractivity contribution >= 4 is 33.2 Å². The van der Waals surface area contributed by atoms with E-state index in [4.69, 9.17) is 0 Å². The minimum atomic E-state index is -3.73. The summed E-state index contributed by atoms with van der Waals surface area (Å²) < 4.78 is 27.3. The smallest absolute Gasteiger partial charge is 0.250 e. The summed E-state index contributed by atoms with van der Waals surface area (Å²) in [5.41, 5.74) is 0.859. The first-order valence-electron chi connectivity index (χ1n) is 9.61. The van der Waals surface area contributed by atoms with Crippen LogP contribution in [0.4, 0.5) is 0 Å².